The number of hydrogen-bond donors (Lipinski definition) is 0. The maximum Gasteiger partial charge on any atom is 0.233 e. The van der Waals surface area contributed by atoms with E-state index in [1.54, 1.807) is 6.92 Å². The van der Waals surface area contributed by atoms with Gasteiger partial charge in [-0.3, -0.25) is 0 Å². The zero-order chi connectivity index (χ0) is 9.19. The van der Waals surface area contributed by atoms with E-state index in [0.29, 0.717) is 4.34 Å². The summed E-state index contributed by atoms with van der Waals surface area (Å²) in [6.45, 7) is 1.59. The van der Waals surface area contributed by atoms with Crippen LogP contribution in [-0.2, 0) is 9.84 Å². The molecule has 4 nitrogen and oxygen atoms in total. The Balaban J connectivity index is 3.05. The van der Waals surface area contributed by atoms with Gasteiger partial charge in [0.05, 0.1) is 5.75 Å². The van der Waals surface area contributed by atoms with Gasteiger partial charge in [-0.15, -0.1) is 10.2 Å². The van der Waals surface area contributed by atoms with Gasteiger partial charge in [0.15, 0.2) is 4.34 Å². The molecule has 12 heavy (non-hydrogen) atoms. The second-order valence-electron chi connectivity index (χ2n) is 1.94. The van der Waals surface area contributed by atoms with Crippen LogP contribution in [0.5, 0.6) is 0 Å². The molecule has 0 fully saturated rings. The minimum Gasteiger partial charge on any atom is -0.221 e. The molecule has 0 N–H and O–H groups in total. The molecule has 68 valence electrons. The van der Waals surface area contributed by atoms with Gasteiger partial charge in [-0.05, 0) is 6.26 Å². The molecule has 0 aliphatic carbocycles. The molecule has 0 aliphatic heterocycles. The van der Waals surface area contributed by atoms with Crippen molar-refractivity contribution in [2.24, 2.45) is 0 Å². The molecule has 0 aliphatic rings. The molecule has 0 saturated heterocycles. The van der Waals surface area contributed by atoms with Crippen LogP contribution < -0.4 is 0 Å². The first-order valence-electron chi connectivity index (χ1n) is 3.20. The number of rotatable bonds is 3. The number of sulfone groups is 1. The molecule has 0 aromatic carbocycles. The summed E-state index contributed by atoms with van der Waals surface area (Å²) < 4.78 is 23.3. The van der Waals surface area contributed by atoms with Crippen molar-refractivity contribution in [3.05, 3.63) is 0 Å². The number of nitrogens with zero attached hydrogens (tertiary/aromatic N) is 2. The fourth-order valence-corrected chi connectivity index (χ4v) is 3.20. The number of aromatic nitrogens is 2. The van der Waals surface area contributed by atoms with Gasteiger partial charge in [0.1, 0.15) is 0 Å². The molecule has 1 heterocycles. The molecule has 0 unspecified atom stereocenters. The van der Waals surface area contributed by atoms with E-state index in [1.807, 2.05) is 6.26 Å². The van der Waals surface area contributed by atoms with Crippen molar-refractivity contribution in [2.75, 3.05) is 12.0 Å². The Morgan fingerprint density at radius 3 is 2.58 bits per heavy atom. The van der Waals surface area contributed by atoms with Gasteiger partial charge in [0.2, 0.25) is 14.2 Å². The van der Waals surface area contributed by atoms with E-state index >= 15 is 0 Å². The Morgan fingerprint density at radius 2 is 2.17 bits per heavy atom. The summed E-state index contributed by atoms with van der Waals surface area (Å²) >= 11 is 2.51. The zero-order valence-electron chi connectivity index (χ0n) is 6.64. The molecule has 0 amide bonds. The van der Waals surface area contributed by atoms with E-state index < -0.39 is 9.84 Å². The second kappa shape index (κ2) is 3.71. The van der Waals surface area contributed by atoms with Gasteiger partial charge < -0.3 is 0 Å². The molecular weight excluding hydrogens is 216 g/mol. The largest absolute Gasteiger partial charge is 0.233 e. The van der Waals surface area contributed by atoms with E-state index in [1.165, 1.54) is 11.8 Å². The van der Waals surface area contributed by atoms with Crippen LogP contribution in [0.4, 0.5) is 0 Å². The number of hydrogen-bond acceptors (Lipinski definition) is 6. The summed E-state index contributed by atoms with van der Waals surface area (Å²) in [7, 11) is -3.16. The van der Waals surface area contributed by atoms with Crippen LogP contribution in [0.2, 0.25) is 0 Å². The summed E-state index contributed by atoms with van der Waals surface area (Å²) in [5, 5.41) is 7.29. The standard InChI is InChI=1S/C5H8N2O2S3/c1-3-12(8,9)5-7-6-4(10-2)11-5/h3H2,1-2H3. The normalized spacial score (nSPS) is 11.8. The Kier molecular flexibility index (Phi) is 3.08. The summed E-state index contributed by atoms with van der Waals surface area (Å²) in [6, 6.07) is 0. The zero-order valence-corrected chi connectivity index (χ0v) is 9.09. The third-order valence-corrected chi connectivity index (χ3v) is 5.29. The van der Waals surface area contributed by atoms with Crippen LogP contribution in [0.3, 0.4) is 0 Å². The summed E-state index contributed by atoms with van der Waals surface area (Å²) in [5.41, 5.74) is 0. The lowest BCUT2D eigenvalue weighted by Gasteiger charge is -1.90. The van der Waals surface area contributed by atoms with Crippen molar-refractivity contribution in [3.8, 4) is 0 Å². The van der Waals surface area contributed by atoms with E-state index in [-0.39, 0.29) is 10.1 Å². The van der Waals surface area contributed by atoms with E-state index in [0.717, 1.165) is 11.3 Å². The minimum absolute atomic E-state index is 0.0794. The predicted molar refractivity (Wildman–Crippen MR) is 49.4 cm³/mol. The highest BCUT2D eigenvalue weighted by molar-refractivity contribution is 8.01. The van der Waals surface area contributed by atoms with Gasteiger partial charge in [0.25, 0.3) is 0 Å². The number of thioether (sulfide) groups is 1. The Labute approximate surface area is 79.3 Å². The third kappa shape index (κ3) is 1.96. The molecule has 7 heteroatoms. The van der Waals surface area contributed by atoms with Gasteiger partial charge in [0, 0.05) is 0 Å². The van der Waals surface area contributed by atoms with Crippen LogP contribution >= 0.6 is 23.1 Å². The predicted octanol–water partition coefficient (Wildman–Crippen LogP) is 1.05. The first-order valence-corrected chi connectivity index (χ1v) is 6.89. The molecule has 0 saturated carbocycles. The topological polar surface area (TPSA) is 59.9 Å². The van der Waals surface area contributed by atoms with Crippen LogP contribution in [0.15, 0.2) is 8.68 Å². The van der Waals surface area contributed by atoms with Gasteiger partial charge in [-0.2, -0.15) is 0 Å². The summed E-state index contributed by atoms with van der Waals surface area (Å²) in [5.74, 6) is 0.0794. The summed E-state index contributed by atoms with van der Waals surface area (Å²) in [4.78, 5) is 0. The van der Waals surface area contributed by atoms with Crippen LogP contribution in [0.1, 0.15) is 6.92 Å². The maximum atomic E-state index is 11.2. The fraction of sp³-hybridized carbons (Fsp3) is 0.600. The van der Waals surface area contributed by atoms with Crippen molar-refractivity contribution < 1.29 is 8.42 Å². The highest BCUT2D eigenvalue weighted by Crippen LogP contribution is 2.23. The van der Waals surface area contributed by atoms with Crippen molar-refractivity contribution in [1.29, 1.82) is 0 Å². The fourth-order valence-electron chi connectivity index (χ4n) is 0.529. The first-order chi connectivity index (χ1) is 5.60. The molecule has 1 rings (SSSR count). The summed E-state index contributed by atoms with van der Waals surface area (Å²) in [6.07, 6.45) is 1.84. The Hall–Kier alpha value is -0.140. The Bertz CT molecular complexity index is 357. The first kappa shape index (κ1) is 9.94. The van der Waals surface area contributed by atoms with Crippen LogP contribution in [-0.4, -0.2) is 30.6 Å². The monoisotopic (exact) mass is 224 g/mol. The molecule has 1 aromatic heterocycles. The second-order valence-corrected chi connectivity index (χ2v) is 6.42. The van der Waals surface area contributed by atoms with Crippen LogP contribution in [0.25, 0.3) is 0 Å². The molecule has 1 aromatic rings. The van der Waals surface area contributed by atoms with Crippen molar-refractivity contribution in [1.82, 2.24) is 10.2 Å². The third-order valence-electron chi connectivity index (χ3n) is 1.21. The van der Waals surface area contributed by atoms with E-state index in [2.05, 4.69) is 10.2 Å². The minimum atomic E-state index is -3.16. The van der Waals surface area contributed by atoms with Gasteiger partial charge >= 0.3 is 0 Å². The lowest BCUT2D eigenvalue weighted by Crippen LogP contribution is -2.02. The average Bonchev–Trinajstić information content (AvgIpc) is 2.52. The smallest absolute Gasteiger partial charge is 0.221 e. The van der Waals surface area contributed by atoms with Crippen LogP contribution in [0, 0.1) is 0 Å². The average molecular weight is 224 g/mol. The molecular formula is C5H8N2O2S3. The highest BCUT2D eigenvalue weighted by atomic mass is 32.2. The highest BCUT2D eigenvalue weighted by Gasteiger charge is 2.17. The van der Waals surface area contributed by atoms with Crippen molar-refractivity contribution in [3.63, 3.8) is 0 Å². The molecule has 0 spiro atoms. The van der Waals surface area contributed by atoms with Gasteiger partial charge in [-0.25, -0.2) is 8.42 Å². The molecule has 0 radical (unpaired) electrons. The maximum absolute atomic E-state index is 11.2. The van der Waals surface area contributed by atoms with E-state index in [4.69, 9.17) is 0 Å². The lowest BCUT2D eigenvalue weighted by molar-refractivity contribution is 0.595. The molecule has 0 bridgehead atoms. The van der Waals surface area contributed by atoms with Crippen molar-refractivity contribution >= 4 is 32.9 Å². The van der Waals surface area contributed by atoms with E-state index in [9.17, 15) is 8.42 Å². The Morgan fingerprint density at radius 1 is 1.50 bits per heavy atom. The van der Waals surface area contributed by atoms with Crippen molar-refractivity contribution in [2.45, 2.75) is 15.6 Å². The molecule has 0 atom stereocenters. The SMILES string of the molecule is CCS(=O)(=O)c1nnc(SC)s1. The van der Waals surface area contributed by atoms with Gasteiger partial charge in [-0.1, -0.05) is 30.0 Å². The lowest BCUT2D eigenvalue weighted by atomic mass is 11.0. The quantitative estimate of drug-likeness (QED) is 0.718.